The minimum atomic E-state index is -0.123. The van der Waals surface area contributed by atoms with Crippen molar-refractivity contribution in [1.29, 1.82) is 0 Å². The predicted octanol–water partition coefficient (Wildman–Crippen LogP) is 3.46. The highest BCUT2D eigenvalue weighted by atomic mass is 16.5. The standard InChI is InChI=1S/C25H30N6O3/c1-17(2)26-7-8-31(20-9-21(33-3)12-22(10-20)34-4)19-5-6-23-24(11-19)29-25(13-27-23)30-14-18(15-32)28-16-30/h5-6,9-14,16-17,26,32H,7-8,15H2,1-4H3. The lowest BCUT2D eigenvalue weighted by Gasteiger charge is -2.27. The van der Waals surface area contributed by atoms with Gasteiger partial charge in [-0.2, -0.15) is 0 Å². The van der Waals surface area contributed by atoms with Gasteiger partial charge in [0.1, 0.15) is 17.8 Å². The van der Waals surface area contributed by atoms with Gasteiger partial charge in [-0.3, -0.25) is 9.55 Å². The van der Waals surface area contributed by atoms with Gasteiger partial charge >= 0.3 is 0 Å². The lowest BCUT2D eigenvalue weighted by molar-refractivity contribution is 0.277. The summed E-state index contributed by atoms with van der Waals surface area (Å²) < 4.78 is 12.8. The van der Waals surface area contributed by atoms with E-state index in [-0.39, 0.29) is 6.61 Å². The van der Waals surface area contributed by atoms with Crippen LogP contribution in [0.25, 0.3) is 16.9 Å². The summed E-state index contributed by atoms with van der Waals surface area (Å²) in [5.41, 5.74) is 4.05. The molecule has 0 spiro atoms. The van der Waals surface area contributed by atoms with Crippen molar-refractivity contribution in [2.24, 2.45) is 0 Å². The van der Waals surface area contributed by atoms with Crippen molar-refractivity contribution in [3.8, 4) is 17.3 Å². The number of anilines is 2. The average Bonchev–Trinajstić information content (AvgIpc) is 3.35. The largest absolute Gasteiger partial charge is 0.497 e. The molecule has 0 unspecified atom stereocenters. The third-order valence-electron chi connectivity index (χ3n) is 5.42. The van der Waals surface area contributed by atoms with Crippen molar-refractivity contribution >= 4 is 22.4 Å². The maximum Gasteiger partial charge on any atom is 0.157 e. The lowest BCUT2D eigenvalue weighted by atomic mass is 10.2. The Morgan fingerprint density at radius 2 is 1.76 bits per heavy atom. The zero-order chi connectivity index (χ0) is 24.1. The molecule has 34 heavy (non-hydrogen) atoms. The summed E-state index contributed by atoms with van der Waals surface area (Å²) in [4.78, 5) is 15.7. The summed E-state index contributed by atoms with van der Waals surface area (Å²) >= 11 is 0. The first-order valence-electron chi connectivity index (χ1n) is 11.2. The quantitative estimate of drug-likeness (QED) is 0.370. The molecule has 0 aliphatic rings. The average molecular weight is 463 g/mol. The van der Waals surface area contributed by atoms with Crippen LogP contribution in [-0.4, -0.2) is 58.0 Å². The van der Waals surface area contributed by atoms with Crippen LogP contribution in [0, 0.1) is 0 Å². The highest BCUT2D eigenvalue weighted by Gasteiger charge is 2.14. The Hall–Kier alpha value is -3.69. The number of imidazole rings is 1. The Morgan fingerprint density at radius 3 is 2.41 bits per heavy atom. The van der Waals surface area contributed by atoms with E-state index < -0.39 is 0 Å². The third kappa shape index (κ3) is 5.27. The molecule has 9 nitrogen and oxygen atoms in total. The minimum absolute atomic E-state index is 0.123. The van der Waals surface area contributed by atoms with Crippen LogP contribution in [0.5, 0.6) is 11.5 Å². The maximum atomic E-state index is 9.31. The van der Waals surface area contributed by atoms with E-state index in [1.165, 1.54) is 0 Å². The summed E-state index contributed by atoms with van der Waals surface area (Å²) in [6.07, 6.45) is 5.06. The highest BCUT2D eigenvalue weighted by molar-refractivity contribution is 5.81. The summed E-state index contributed by atoms with van der Waals surface area (Å²) in [6.45, 7) is 5.66. The number of nitrogens with one attached hydrogen (secondary N) is 1. The van der Waals surface area contributed by atoms with Gasteiger partial charge in [-0.1, -0.05) is 13.8 Å². The Labute approximate surface area is 199 Å². The fourth-order valence-corrected chi connectivity index (χ4v) is 3.67. The molecule has 0 atom stereocenters. The molecule has 9 heteroatoms. The molecule has 178 valence electrons. The normalized spacial score (nSPS) is 11.2. The fourth-order valence-electron chi connectivity index (χ4n) is 3.67. The molecule has 0 aliphatic carbocycles. The Bertz CT molecular complexity index is 1230. The monoisotopic (exact) mass is 462 g/mol. The van der Waals surface area contributed by atoms with E-state index in [1.54, 1.807) is 37.5 Å². The van der Waals surface area contributed by atoms with Crippen molar-refractivity contribution < 1.29 is 14.6 Å². The van der Waals surface area contributed by atoms with Crippen LogP contribution in [0.2, 0.25) is 0 Å². The van der Waals surface area contributed by atoms with Gasteiger partial charge in [0, 0.05) is 54.9 Å². The van der Waals surface area contributed by atoms with Gasteiger partial charge in [0.25, 0.3) is 0 Å². The second-order valence-corrected chi connectivity index (χ2v) is 8.16. The Kier molecular flexibility index (Phi) is 7.24. The van der Waals surface area contributed by atoms with Crippen LogP contribution in [0.1, 0.15) is 19.5 Å². The van der Waals surface area contributed by atoms with Crippen molar-refractivity contribution in [1.82, 2.24) is 24.8 Å². The second kappa shape index (κ2) is 10.5. The van der Waals surface area contributed by atoms with Crippen LogP contribution in [0.4, 0.5) is 11.4 Å². The number of nitrogens with zero attached hydrogens (tertiary/aromatic N) is 5. The van der Waals surface area contributed by atoms with Gasteiger partial charge < -0.3 is 24.8 Å². The zero-order valence-corrected chi connectivity index (χ0v) is 19.9. The van der Waals surface area contributed by atoms with E-state index in [0.29, 0.717) is 17.6 Å². The number of aliphatic hydroxyl groups excluding tert-OH is 1. The summed E-state index contributed by atoms with van der Waals surface area (Å²) in [6, 6.07) is 12.3. The number of aliphatic hydroxyl groups is 1. The molecule has 2 aromatic heterocycles. The molecule has 4 aromatic rings. The van der Waals surface area contributed by atoms with Crippen molar-refractivity contribution in [3.05, 3.63) is 60.8 Å². The SMILES string of the molecule is COc1cc(OC)cc(N(CCNC(C)C)c2ccc3ncc(-n4cnc(CO)c4)nc3c2)c1. The third-order valence-corrected chi connectivity index (χ3v) is 5.42. The molecule has 0 radical (unpaired) electrons. The topological polar surface area (TPSA) is 97.6 Å². The minimum Gasteiger partial charge on any atom is -0.497 e. The number of hydrogen-bond donors (Lipinski definition) is 2. The van der Waals surface area contributed by atoms with Crippen LogP contribution >= 0.6 is 0 Å². The van der Waals surface area contributed by atoms with E-state index in [4.69, 9.17) is 14.5 Å². The molecule has 2 aromatic carbocycles. The van der Waals surface area contributed by atoms with Gasteiger partial charge in [0.15, 0.2) is 5.82 Å². The van der Waals surface area contributed by atoms with Crippen LogP contribution in [0.15, 0.2) is 55.1 Å². The van der Waals surface area contributed by atoms with Crippen molar-refractivity contribution in [2.75, 3.05) is 32.2 Å². The summed E-state index contributed by atoms with van der Waals surface area (Å²) in [5, 5.41) is 12.8. The van der Waals surface area contributed by atoms with E-state index in [9.17, 15) is 5.11 Å². The van der Waals surface area contributed by atoms with Gasteiger partial charge in [-0.05, 0) is 18.2 Å². The smallest absolute Gasteiger partial charge is 0.157 e. The number of aromatic nitrogens is 4. The fraction of sp³-hybridized carbons (Fsp3) is 0.320. The number of fused-ring (bicyclic) bond motifs is 1. The number of methoxy groups -OCH3 is 2. The first-order chi connectivity index (χ1) is 16.5. The molecule has 0 saturated heterocycles. The van der Waals surface area contributed by atoms with E-state index in [0.717, 1.165) is 47.0 Å². The van der Waals surface area contributed by atoms with Gasteiger partial charge in [-0.15, -0.1) is 0 Å². The zero-order valence-electron chi connectivity index (χ0n) is 19.9. The van der Waals surface area contributed by atoms with Gasteiger partial charge in [-0.25, -0.2) is 9.97 Å². The molecule has 2 N–H and O–H groups in total. The van der Waals surface area contributed by atoms with Crippen LogP contribution in [-0.2, 0) is 6.61 Å². The molecule has 0 fully saturated rings. The van der Waals surface area contributed by atoms with Gasteiger partial charge in [0.05, 0.1) is 43.8 Å². The number of hydrogen-bond acceptors (Lipinski definition) is 8. The predicted molar refractivity (Wildman–Crippen MR) is 132 cm³/mol. The van der Waals surface area contributed by atoms with E-state index in [2.05, 4.69) is 34.0 Å². The summed E-state index contributed by atoms with van der Waals surface area (Å²) in [7, 11) is 3.29. The molecule has 4 rings (SSSR count). The maximum absolute atomic E-state index is 9.31. The van der Waals surface area contributed by atoms with E-state index >= 15 is 0 Å². The number of ether oxygens (including phenoxy) is 2. The summed E-state index contributed by atoms with van der Waals surface area (Å²) in [5.74, 6) is 2.07. The molecule has 0 amide bonds. The molecular weight excluding hydrogens is 432 g/mol. The van der Waals surface area contributed by atoms with E-state index in [1.807, 2.05) is 36.4 Å². The molecule has 0 aliphatic heterocycles. The second-order valence-electron chi connectivity index (χ2n) is 8.16. The Balaban J connectivity index is 1.75. The first kappa shape index (κ1) is 23.5. The van der Waals surface area contributed by atoms with Crippen LogP contribution in [0.3, 0.4) is 0 Å². The van der Waals surface area contributed by atoms with Gasteiger partial charge in [0.2, 0.25) is 0 Å². The molecule has 0 bridgehead atoms. The number of rotatable bonds is 10. The highest BCUT2D eigenvalue weighted by Crippen LogP contribution is 2.33. The first-order valence-corrected chi connectivity index (χ1v) is 11.2. The molecular formula is C25H30N6O3. The van der Waals surface area contributed by atoms with Crippen molar-refractivity contribution in [2.45, 2.75) is 26.5 Å². The van der Waals surface area contributed by atoms with Crippen LogP contribution < -0.4 is 19.7 Å². The molecule has 0 saturated carbocycles. The van der Waals surface area contributed by atoms with Crippen molar-refractivity contribution in [3.63, 3.8) is 0 Å². The Morgan fingerprint density at radius 1 is 1.00 bits per heavy atom. The molecule has 2 heterocycles. The lowest BCUT2D eigenvalue weighted by Crippen LogP contribution is -2.32. The number of benzene rings is 2.